The van der Waals surface area contributed by atoms with Gasteiger partial charge in [0.1, 0.15) is 30.2 Å². The number of hydrogen-bond acceptors (Lipinski definition) is 9. The Balaban J connectivity index is 1.33. The number of rotatable bonds is 8. The van der Waals surface area contributed by atoms with Gasteiger partial charge in [-0.2, -0.15) is 0 Å². The number of nitrogens with one attached hydrogen (secondary N) is 1. The van der Waals surface area contributed by atoms with Crippen LogP contribution in [0.15, 0.2) is 43.0 Å². The van der Waals surface area contributed by atoms with Crippen molar-refractivity contribution in [2.24, 2.45) is 0 Å². The smallest absolute Gasteiger partial charge is 0.167 e. The van der Waals surface area contributed by atoms with Crippen molar-refractivity contribution in [3.8, 4) is 0 Å². The van der Waals surface area contributed by atoms with Crippen molar-refractivity contribution in [2.45, 2.75) is 37.5 Å². The Hall–Kier alpha value is -2.63. The standard InChI is InChI=1S/C21H29N7O3/c1-13(14-6-4-3-5-7-14)23-8-9-27(2)10-15-17(29)18(30)21(31-15)28-12-26-16-19(22)24-11-25-20(16)28/h3-7,11-13,15,17-18,21,23,29-30H,8-10H2,1-2H3,(H2,22,24,25)/t13?,15-,17-,18-,21-/m1/s1. The number of fused-ring (bicyclic) bond motifs is 1. The van der Waals surface area contributed by atoms with Crippen molar-refractivity contribution in [1.29, 1.82) is 0 Å². The van der Waals surface area contributed by atoms with Crippen LogP contribution in [0, 0.1) is 0 Å². The van der Waals surface area contributed by atoms with Crippen molar-refractivity contribution in [2.75, 3.05) is 32.4 Å². The zero-order valence-electron chi connectivity index (χ0n) is 17.7. The molecule has 0 spiro atoms. The van der Waals surface area contributed by atoms with Gasteiger partial charge in [-0.1, -0.05) is 30.3 Å². The van der Waals surface area contributed by atoms with Crippen molar-refractivity contribution in [3.63, 3.8) is 0 Å². The van der Waals surface area contributed by atoms with E-state index in [0.717, 1.165) is 13.1 Å². The molecule has 10 nitrogen and oxygen atoms in total. The normalized spacial score (nSPS) is 24.8. The third-order valence-electron chi connectivity index (χ3n) is 5.73. The summed E-state index contributed by atoms with van der Waals surface area (Å²) < 4.78 is 7.59. The van der Waals surface area contributed by atoms with Crippen LogP contribution in [-0.2, 0) is 4.74 Å². The van der Waals surface area contributed by atoms with Crippen LogP contribution in [0.3, 0.4) is 0 Å². The molecule has 10 heteroatoms. The summed E-state index contributed by atoms with van der Waals surface area (Å²) >= 11 is 0. The number of imidazole rings is 1. The molecular formula is C21H29N7O3. The molecular weight excluding hydrogens is 398 g/mol. The highest BCUT2D eigenvalue weighted by Gasteiger charge is 2.44. The topological polar surface area (TPSA) is 135 Å². The van der Waals surface area contributed by atoms with E-state index in [0.29, 0.717) is 17.7 Å². The second-order valence-electron chi connectivity index (χ2n) is 7.98. The molecule has 3 aromatic rings. The Kier molecular flexibility index (Phi) is 6.44. The Morgan fingerprint density at radius 1 is 1.19 bits per heavy atom. The first-order valence-corrected chi connectivity index (χ1v) is 10.4. The molecule has 5 atom stereocenters. The third-order valence-corrected chi connectivity index (χ3v) is 5.73. The lowest BCUT2D eigenvalue weighted by molar-refractivity contribution is -0.0420. The Morgan fingerprint density at radius 3 is 2.74 bits per heavy atom. The number of aliphatic hydroxyl groups excluding tert-OH is 2. The largest absolute Gasteiger partial charge is 0.387 e. The number of nitrogen functional groups attached to an aromatic ring is 1. The van der Waals surface area contributed by atoms with Gasteiger partial charge in [0.2, 0.25) is 0 Å². The first-order chi connectivity index (χ1) is 15.0. The van der Waals surface area contributed by atoms with Crippen molar-refractivity contribution in [3.05, 3.63) is 48.5 Å². The molecule has 5 N–H and O–H groups in total. The van der Waals surface area contributed by atoms with Crippen LogP contribution in [0.2, 0.25) is 0 Å². The fourth-order valence-electron chi connectivity index (χ4n) is 3.90. The van der Waals surface area contributed by atoms with E-state index >= 15 is 0 Å². The van der Waals surface area contributed by atoms with E-state index in [9.17, 15) is 10.2 Å². The predicted molar refractivity (Wildman–Crippen MR) is 116 cm³/mol. The molecule has 0 radical (unpaired) electrons. The minimum Gasteiger partial charge on any atom is -0.387 e. The Morgan fingerprint density at radius 2 is 1.97 bits per heavy atom. The van der Waals surface area contributed by atoms with Crippen LogP contribution in [0.4, 0.5) is 5.82 Å². The quantitative estimate of drug-likeness (QED) is 0.401. The van der Waals surface area contributed by atoms with Crippen molar-refractivity contribution in [1.82, 2.24) is 29.7 Å². The van der Waals surface area contributed by atoms with E-state index in [1.54, 1.807) is 4.57 Å². The molecule has 3 heterocycles. The van der Waals surface area contributed by atoms with E-state index in [2.05, 4.69) is 44.2 Å². The number of benzene rings is 1. The summed E-state index contributed by atoms with van der Waals surface area (Å²) in [6, 6.07) is 10.5. The maximum absolute atomic E-state index is 10.6. The first-order valence-electron chi connectivity index (χ1n) is 10.4. The SMILES string of the molecule is CC(NCCN(C)C[C@H]1O[C@@H](n2cnc3c(N)ncnc32)[C@H](O)[C@@H]1O)c1ccccc1. The monoisotopic (exact) mass is 427 g/mol. The molecule has 0 bridgehead atoms. The van der Waals surface area contributed by atoms with E-state index in [4.69, 9.17) is 10.5 Å². The molecule has 1 unspecified atom stereocenters. The van der Waals surface area contributed by atoms with E-state index in [1.807, 2.05) is 25.2 Å². The van der Waals surface area contributed by atoms with Crippen LogP contribution in [0.5, 0.6) is 0 Å². The van der Waals surface area contributed by atoms with Gasteiger partial charge in [0.15, 0.2) is 17.7 Å². The maximum Gasteiger partial charge on any atom is 0.167 e. The van der Waals surface area contributed by atoms with E-state index in [-0.39, 0.29) is 11.9 Å². The van der Waals surface area contributed by atoms with Crippen LogP contribution in [-0.4, -0.2) is 79.6 Å². The molecule has 1 aromatic carbocycles. The Bertz CT molecular complexity index is 999. The lowest BCUT2D eigenvalue weighted by atomic mass is 10.1. The number of nitrogens with zero attached hydrogens (tertiary/aromatic N) is 5. The second kappa shape index (κ2) is 9.25. The van der Waals surface area contributed by atoms with Gasteiger partial charge >= 0.3 is 0 Å². The zero-order chi connectivity index (χ0) is 22.0. The summed E-state index contributed by atoms with van der Waals surface area (Å²) in [5, 5.41) is 24.6. The van der Waals surface area contributed by atoms with Gasteiger partial charge in [0.05, 0.1) is 6.33 Å². The predicted octanol–water partition coefficient (Wildman–Crippen LogP) is 0.310. The van der Waals surface area contributed by atoms with Crippen molar-refractivity contribution >= 4 is 17.0 Å². The van der Waals surface area contributed by atoms with Crippen LogP contribution < -0.4 is 11.1 Å². The fraction of sp³-hybridized carbons (Fsp3) is 0.476. The number of hydrogen-bond donors (Lipinski definition) is 4. The number of likely N-dealkylation sites (N-methyl/N-ethyl adjacent to an activating group) is 1. The molecule has 1 aliphatic rings. The first kappa shape index (κ1) is 21.6. The summed E-state index contributed by atoms with van der Waals surface area (Å²) in [6.45, 7) is 4.15. The molecule has 31 heavy (non-hydrogen) atoms. The van der Waals surface area contributed by atoms with Gasteiger partial charge < -0.3 is 30.9 Å². The average Bonchev–Trinajstić information content (AvgIpc) is 3.32. The van der Waals surface area contributed by atoms with Crippen LogP contribution >= 0.6 is 0 Å². The lowest BCUT2D eigenvalue weighted by Gasteiger charge is -2.24. The minimum absolute atomic E-state index is 0.248. The minimum atomic E-state index is -1.11. The van der Waals surface area contributed by atoms with Crippen LogP contribution in [0.1, 0.15) is 24.8 Å². The highest BCUT2D eigenvalue weighted by molar-refractivity contribution is 5.81. The maximum atomic E-state index is 10.6. The second-order valence-corrected chi connectivity index (χ2v) is 7.98. The summed E-state index contributed by atoms with van der Waals surface area (Å²) in [5.41, 5.74) is 7.97. The summed E-state index contributed by atoms with van der Waals surface area (Å²) in [4.78, 5) is 14.4. The average molecular weight is 428 g/mol. The third kappa shape index (κ3) is 4.53. The number of ether oxygens (including phenoxy) is 1. The number of nitrogens with two attached hydrogens (primary N) is 1. The fourth-order valence-corrected chi connectivity index (χ4v) is 3.90. The highest BCUT2D eigenvalue weighted by Crippen LogP contribution is 2.32. The van der Waals surface area contributed by atoms with Gasteiger partial charge in [-0.05, 0) is 19.5 Å². The highest BCUT2D eigenvalue weighted by atomic mass is 16.6. The van der Waals surface area contributed by atoms with Gasteiger partial charge in [-0.25, -0.2) is 15.0 Å². The number of anilines is 1. The zero-order valence-corrected chi connectivity index (χ0v) is 17.7. The lowest BCUT2D eigenvalue weighted by Crippen LogP contribution is -2.40. The van der Waals surface area contributed by atoms with Crippen molar-refractivity contribution < 1.29 is 14.9 Å². The molecule has 1 saturated heterocycles. The number of aliphatic hydroxyl groups is 2. The van der Waals surface area contributed by atoms with E-state index < -0.39 is 24.5 Å². The molecule has 166 valence electrons. The van der Waals surface area contributed by atoms with Crippen LogP contribution in [0.25, 0.3) is 11.2 Å². The van der Waals surface area contributed by atoms with Gasteiger partial charge in [-0.3, -0.25) is 4.57 Å². The van der Waals surface area contributed by atoms with Gasteiger partial charge in [0.25, 0.3) is 0 Å². The molecule has 4 rings (SSSR count). The van der Waals surface area contributed by atoms with E-state index in [1.165, 1.54) is 18.2 Å². The molecule has 0 saturated carbocycles. The molecule has 1 fully saturated rings. The Labute approximate surface area is 180 Å². The number of aromatic nitrogens is 4. The summed E-state index contributed by atoms with van der Waals surface area (Å²) in [6.07, 6.45) is -0.653. The molecule has 2 aromatic heterocycles. The molecule has 0 amide bonds. The van der Waals surface area contributed by atoms with Gasteiger partial charge in [-0.15, -0.1) is 0 Å². The molecule has 1 aliphatic heterocycles. The van der Waals surface area contributed by atoms with Gasteiger partial charge in [0, 0.05) is 25.7 Å². The summed E-state index contributed by atoms with van der Waals surface area (Å²) in [7, 11) is 1.96. The summed E-state index contributed by atoms with van der Waals surface area (Å²) in [5.74, 6) is 0.255. The molecule has 0 aliphatic carbocycles.